The van der Waals surface area contributed by atoms with Gasteiger partial charge >= 0.3 is 11.9 Å². The molecule has 0 aliphatic carbocycles. The van der Waals surface area contributed by atoms with Crippen LogP contribution in [0.4, 0.5) is 0 Å². The van der Waals surface area contributed by atoms with Crippen LogP contribution in [0.25, 0.3) is 40.3 Å². The van der Waals surface area contributed by atoms with Crippen LogP contribution < -0.4 is 15.6 Å². The number of methoxy groups -OCH3 is 2. The monoisotopic (exact) mass is 1600 g/mol. The molecule has 0 radical (unpaired) electrons. The van der Waals surface area contributed by atoms with Crippen molar-refractivity contribution in [3.63, 3.8) is 0 Å². The lowest BCUT2D eigenvalue weighted by atomic mass is 9.96. The van der Waals surface area contributed by atoms with E-state index in [2.05, 4.69) is 35.8 Å². The molecule has 2 heterocycles. The number of ketones is 3. The maximum atomic E-state index is 12.6. The third kappa shape index (κ3) is 38.1. The maximum absolute atomic E-state index is 12.6. The fourth-order valence-electron chi connectivity index (χ4n) is 9.42. The third-order valence-electron chi connectivity index (χ3n) is 14.9. The number of aliphatic hydroxyl groups is 1. The van der Waals surface area contributed by atoms with E-state index in [1.54, 1.807) is 153 Å². The molecule has 0 atom stereocenters. The van der Waals surface area contributed by atoms with Gasteiger partial charge in [-0.1, -0.05) is 308 Å². The van der Waals surface area contributed by atoms with E-state index in [1.165, 1.54) is 32.1 Å². The van der Waals surface area contributed by atoms with Crippen molar-refractivity contribution in [1.82, 2.24) is 0 Å². The predicted octanol–water partition coefficient (Wildman–Crippen LogP) is 27.0. The van der Waals surface area contributed by atoms with Crippen LogP contribution in [0.2, 0.25) is 0 Å². The minimum Gasteiger partial charge on any atom is -0.491 e. The van der Waals surface area contributed by atoms with Gasteiger partial charge in [-0.15, -0.1) is 22.7 Å². The molecule has 115 heavy (non-hydrogen) atoms. The van der Waals surface area contributed by atoms with Crippen LogP contribution in [0, 0.1) is 6.92 Å². The molecule has 15 heteroatoms. The first kappa shape index (κ1) is 109. The number of benzene rings is 10. The van der Waals surface area contributed by atoms with Gasteiger partial charge in [0.25, 0.3) is 0 Å². The summed E-state index contributed by atoms with van der Waals surface area (Å²) in [5.74, 6) is -0.915. The molecule has 10 aromatic carbocycles. The fourth-order valence-corrected chi connectivity index (χ4v) is 11.7. The molecule has 12 rings (SSSR count). The quantitative estimate of drug-likeness (QED) is 0.0336. The summed E-state index contributed by atoms with van der Waals surface area (Å²) in [6, 6.07) is 77.0. The lowest BCUT2D eigenvalue weighted by Gasteiger charge is -2.21. The highest BCUT2D eigenvalue weighted by molar-refractivity contribution is 7.25. The van der Waals surface area contributed by atoms with E-state index >= 15 is 0 Å². The largest absolute Gasteiger partial charge is 0.491 e. The minimum absolute atomic E-state index is 0.0477. The zero-order valence-electron chi connectivity index (χ0n) is 73.7. The second-order valence-electron chi connectivity index (χ2n) is 22.9. The summed E-state index contributed by atoms with van der Waals surface area (Å²) in [5.41, 5.74) is 5.18. The summed E-state index contributed by atoms with van der Waals surface area (Å²) in [6.07, 6.45) is 1.94. The molecule has 0 amide bonds. The van der Waals surface area contributed by atoms with E-state index in [9.17, 15) is 38.7 Å². The van der Waals surface area contributed by atoms with Gasteiger partial charge in [0.2, 0.25) is 0 Å². The van der Waals surface area contributed by atoms with Gasteiger partial charge in [-0.25, -0.2) is 19.4 Å². The molecule has 622 valence electrons. The van der Waals surface area contributed by atoms with Crippen LogP contribution >= 0.6 is 22.7 Å². The highest BCUT2D eigenvalue weighted by Crippen LogP contribution is 2.30. The summed E-state index contributed by atoms with van der Waals surface area (Å²) in [7, 11) is 3.15. The summed E-state index contributed by atoms with van der Waals surface area (Å²) in [6.45, 7) is 49.8. The van der Waals surface area contributed by atoms with Gasteiger partial charge < -0.3 is 19.3 Å². The topological polar surface area (TPSA) is 186 Å². The van der Waals surface area contributed by atoms with Gasteiger partial charge in [-0.3, -0.25) is 24.0 Å². The Labute approximate surface area is 696 Å². The lowest BCUT2D eigenvalue weighted by Crippen LogP contribution is -2.33. The average molecular weight is 1610 g/mol. The molecule has 0 bridgehead atoms. The van der Waals surface area contributed by atoms with Crippen molar-refractivity contribution in [2.75, 3.05) is 27.4 Å². The molecule has 13 nitrogen and oxygen atoms in total. The Morgan fingerprint density at radius 3 is 1.10 bits per heavy atom. The number of hydrogen-bond donors (Lipinski definition) is 1. The van der Waals surface area contributed by atoms with Crippen LogP contribution in [-0.4, -0.2) is 73.0 Å². The zero-order valence-corrected chi connectivity index (χ0v) is 75.4. The number of ether oxygens (including phenoxy) is 3. The van der Waals surface area contributed by atoms with E-state index in [1.807, 2.05) is 265 Å². The minimum atomic E-state index is -1.28. The van der Waals surface area contributed by atoms with Gasteiger partial charge in [0.05, 0.1) is 17.7 Å². The number of aryl methyl sites for hydroxylation is 3. The molecule has 0 unspecified atom stereocenters. The molecule has 2 aromatic heterocycles. The molecule has 0 fully saturated rings. The van der Waals surface area contributed by atoms with Crippen molar-refractivity contribution >= 4 is 92.3 Å². The van der Waals surface area contributed by atoms with Gasteiger partial charge in [0.15, 0.2) is 28.2 Å². The van der Waals surface area contributed by atoms with Gasteiger partial charge in [-0.2, -0.15) is 0 Å². The van der Waals surface area contributed by atoms with Crippen LogP contribution in [0.3, 0.4) is 0 Å². The van der Waals surface area contributed by atoms with Gasteiger partial charge in [0, 0.05) is 76.8 Å². The van der Waals surface area contributed by atoms with Gasteiger partial charge in [0.1, 0.15) is 23.6 Å². The Kier molecular flexibility index (Phi) is 61.4. The van der Waals surface area contributed by atoms with E-state index in [0.717, 1.165) is 75.6 Å². The Morgan fingerprint density at radius 2 is 0.722 bits per heavy atom. The second-order valence-corrected chi connectivity index (χ2v) is 25.0. The Balaban J connectivity index is -0.00000126. The molecule has 0 aliphatic rings. The Hall–Kier alpha value is -10.4. The van der Waals surface area contributed by atoms with Crippen molar-refractivity contribution in [2.45, 2.75) is 197 Å². The summed E-state index contributed by atoms with van der Waals surface area (Å²) in [5, 5.41) is 12.8. The fraction of sp³-hybridized carbons (Fsp3) is 0.330. The van der Waals surface area contributed by atoms with E-state index in [0.29, 0.717) is 35.5 Å². The lowest BCUT2D eigenvalue weighted by molar-refractivity contribution is -0.187. The summed E-state index contributed by atoms with van der Waals surface area (Å²) >= 11 is 3.41. The first-order valence-corrected chi connectivity index (χ1v) is 42.0. The SMILES string of the molecule is CC.CC.CC.CC.CC.CC.CC.CC.CC.CC(C)(O)C(=O)c1ccccc1.CCc1cc(CC)c2sc3ccccc3c(=O)c2c1.COCCOc1ccc(C(=O)C(C)(C)OC)cc1.Cc1ccc2sc3ccccc3c(=O)c2c1.O=C(OOC(=O)c1ccccc1)c1ccccc1.O=C(c1ccccc1)c1ccccc1. The van der Waals surface area contributed by atoms with Crippen molar-refractivity contribution in [1.29, 1.82) is 0 Å². The Morgan fingerprint density at radius 1 is 0.365 bits per heavy atom. The second kappa shape index (κ2) is 64.9. The molecule has 0 aliphatic heterocycles. The van der Waals surface area contributed by atoms with Crippen LogP contribution in [0.1, 0.15) is 240 Å². The predicted molar refractivity (Wildman–Crippen MR) is 493 cm³/mol. The third-order valence-corrected chi connectivity index (χ3v) is 17.4. The number of hydrogen-bond acceptors (Lipinski definition) is 15. The molecular formula is C100H132O13S2. The molecule has 0 saturated carbocycles. The van der Waals surface area contributed by atoms with E-state index in [-0.39, 0.29) is 28.2 Å². The van der Waals surface area contributed by atoms with Gasteiger partial charge in [-0.05, 0) is 150 Å². The van der Waals surface area contributed by atoms with E-state index in [4.69, 9.17) is 14.2 Å². The molecule has 0 spiro atoms. The zero-order chi connectivity index (χ0) is 87.9. The molecular weight excluding hydrogens is 1470 g/mol. The maximum Gasteiger partial charge on any atom is 0.386 e. The van der Waals surface area contributed by atoms with Crippen molar-refractivity contribution in [3.05, 3.63) is 325 Å². The first-order valence-electron chi connectivity index (χ1n) is 40.4. The highest BCUT2D eigenvalue weighted by atomic mass is 32.1. The number of carbonyl (C=O) groups is 5. The van der Waals surface area contributed by atoms with Crippen LogP contribution in [0.15, 0.2) is 264 Å². The number of fused-ring (bicyclic) bond motifs is 4. The van der Waals surface area contributed by atoms with Crippen molar-refractivity contribution < 1.29 is 53.1 Å². The average Bonchev–Trinajstić information content (AvgIpc) is 0.770. The Bertz CT molecular complexity index is 4590. The smallest absolute Gasteiger partial charge is 0.386 e. The number of carbonyl (C=O) groups excluding carboxylic acids is 5. The first-order chi connectivity index (χ1) is 55.7. The highest BCUT2D eigenvalue weighted by Gasteiger charge is 2.28. The standard InChI is InChI=1S/C17H16OS.C14H10O4.C14H20O4.C14H10OS.C13H10O.C10H12O2.9C2H6/c1-3-11-9-12(4-2)17-14(10-11)16(18)13-7-5-6-8-15(13)19-17;15-13(11-7-3-1-4-8-11)17-18-14(16)12-9-5-2-6-10-12;1-14(2,17-4)13(15)11-5-7-12(8-6-11)18-10-9-16-3;1-9-6-7-13-11(8-9)14(15)10-4-2-3-5-12(10)16-13;14-13(11-7-3-1-4-8-11)12-9-5-2-6-10-12;1-10(2,12)9(11)8-6-4-3-5-7-8;9*1-2/h5-10H,3-4H2,1-2H3;1-10H;5-8H,9-10H2,1-4H3;2-8H,1H3;1-10H;3-7,12H,1-2H3;9*1-2H3. The molecule has 12 aromatic rings. The molecule has 0 saturated heterocycles. The molecule has 1 N–H and O–H groups in total. The van der Waals surface area contributed by atoms with Crippen molar-refractivity contribution in [3.8, 4) is 5.75 Å². The van der Waals surface area contributed by atoms with Crippen LogP contribution in [-0.2, 0) is 32.1 Å². The van der Waals surface area contributed by atoms with E-state index < -0.39 is 23.1 Å². The number of Topliss-reactive ketones (excluding diaryl/α,β-unsaturated/α-hetero) is 2. The normalized spacial score (nSPS) is 9.50. The summed E-state index contributed by atoms with van der Waals surface area (Å²) in [4.78, 5) is 92.1. The summed E-state index contributed by atoms with van der Waals surface area (Å²) < 4.78 is 19.8. The van der Waals surface area contributed by atoms with Crippen LogP contribution in [0.5, 0.6) is 5.75 Å². The number of rotatable bonds is 15. The van der Waals surface area contributed by atoms with Crippen molar-refractivity contribution in [2.24, 2.45) is 0 Å².